The Hall–Kier alpha value is -1.30. The lowest BCUT2D eigenvalue weighted by atomic mass is 9.98. The monoisotopic (exact) mass is 257 g/mol. The summed E-state index contributed by atoms with van der Waals surface area (Å²) in [5.41, 5.74) is -1.05. The zero-order valence-electron chi connectivity index (χ0n) is 11.2. The molecular formula is C12H23N3O3. The van der Waals surface area contributed by atoms with E-state index in [0.29, 0.717) is 19.4 Å². The molecule has 0 atom stereocenters. The smallest absolute Gasteiger partial charge is 0.329 e. The van der Waals surface area contributed by atoms with Gasteiger partial charge in [0.05, 0.1) is 0 Å². The molecule has 3 N–H and O–H groups in total. The lowest BCUT2D eigenvalue weighted by Crippen LogP contribution is -2.56. The van der Waals surface area contributed by atoms with Gasteiger partial charge in [0.25, 0.3) is 0 Å². The molecule has 0 aliphatic heterocycles. The van der Waals surface area contributed by atoms with Gasteiger partial charge >= 0.3 is 12.0 Å². The molecule has 1 fully saturated rings. The first-order valence-corrected chi connectivity index (χ1v) is 6.48. The highest BCUT2D eigenvalue weighted by Gasteiger charge is 2.42. The Morgan fingerprint density at radius 3 is 2.44 bits per heavy atom. The highest BCUT2D eigenvalue weighted by molar-refractivity contribution is 5.86. The molecule has 0 aromatic heterocycles. The van der Waals surface area contributed by atoms with Crippen LogP contribution in [0.1, 0.15) is 32.6 Å². The average molecular weight is 257 g/mol. The van der Waals surface area contributed by atoms with Crippen LogP contribution in [0, 0.1) is 0 Å². The minimum Gasteiger partial charge on any atom is -0.480 e. The van der Waals surface area contributed by atoms with Crippen molar-refractivity contribution in [3.63, 3.8) is 0 Å². The Kier molecular flexibility index (Phi) is 5.40. The van der Waals surface area contributed by atoms with E-state index >= 15 is 0 Å². The summed E-state index contributed by atoms with van der Waals surface area (Å²) in [7, 11) is 1.97. The molecule has 0 aromatic rings. The van der Waals surface area contributed by atoms with Gasteiger partial charge in [0.1, 0.15) is 5.54 Å². The Morgan fingerprint density at radius 2 is 1.94 bits per heavy atom. The van der Waals surface area contributed by atoms with Gasteiger partial charge in [-0.05, 0) is 26.4 Å². The molecule has 104 valence electrons. The van der Waals surface area contributed by atoms with Gasteiger partial charge in [0.15, 0.2) is 0 Å². The predicted octanol–water partition coefficient (Wildman–Crippen LogP) is 0.635. The third-order valence-corrected chi connectivity index (χ3v) is 3.54. The van der Waals surface area contributed by atoms with Crippen LogP contribution in [0.3, 0.4) is 0 Å². The number of carboxylic acid groups (broad SMARTS) is 1. The van der Waals surface area contributed by atoms with Gasteiger partial charge in [-0.25, -0.2) is 9.59 Å². The SMILES string of the molecule is CCN(C)CCNC(=O)NC1(C(=O)O)CCCC1. The van der Waals surface area contributed by atoms with Crippen LogP contribution in [0.4, 0.5) is 4.79 Å². The molecule has 0 heterocycles. The van der Waals surface area contributed by atoms with Crippen LogP contribution in [0.15, 0.2) is 0 Å². The van der Waals surface area contributed by atoms with E-state index < -0.39 is 11.5 Å². The van der Waals surface area contributed by atoms with Crippen molar-refractivity contribution in [1.29, 1.82) is 0 Å². The fourth-order valence-electron chi connectivity index (χ4n) is 2.15. The van der Waals surface area contributed by atoms with Gasteiger partial charge in [0.2, 0.25) is 0 Å². The number of carboxylic acids is 1. The van der Waals surface area contributed by atoms with Crippen LogP contribution >= 0.6 is 0 Å². The van der Waals surface area contributed by atoms with E-state index in [1.807, 2.05) is 14.0 Å². The van der Waals surface area contributed by atoms with E-state index in [2.05, 4.69) is 15.5 Å². The molecule has 0 spiro atoms. The fourth-order valence-corrected chi connectivity index (χ4v) is 2.15. The predicted molar refractivity (Wildman–Crippen MR) is 68.5 cm³/mol. The standard InChI is InChI=1S/C12H23N3O3/c1-3-15(2)9-8-13-11(18)14-12(10(16)17)6-4-5-7-12/h3-9H2,1-2H3,(H,16,17)(H2,13,14,18). The topological polar surface area (TPSA) is 81.7 Å². The summed E-state index contributed by atoms with van der Waals surface area (Å²) in [6.07, 6.45) is 2.74. The van der Waals surface area contributed by atoms with Crippen molar-refractivity contribution < 1.29 is 14.7 Å². The number of aliphatic carboxylic acids is 1. The first kappa shape index (κ1) is 14.8. The normalized spacial score (nSPS) is 17.7. The zero-order chi connectivity index (χ0) is 13.6. The lowest BCUT2D eigenvalue weighted by molar-refractivity contribution is -0.144. The molecule has 2 amide bonds. The van der Waals surface area contributed by atoms with Crippen LogP contribution < -0.4 is 10.6 Å². The number of carbonyl (C=O) groups is 2. The van der Waals surface area contributed by atoms with Crippen molar-refractivity contribution in [3.05, 3.63) is 0 Å². The summed E-state index contributed by atoms with van der Waals surface area (Å²) in [5, 5.41) is 14.5. The van der Waals surface area contributed by atoms with Crippen LogP contribution in [0.5, 0.6) is 0 Å². The lowest BCUT2D eigenvalue weighted by Gasteiger charge is -2.25. The molecule has 1 aliphatic carbocycles. The van der Waals surface area contributed by atoms with Crippen molar-refractivity contribution in [2.45, 2.75) is 38.1 Å². The van der Waals surface area contributed by atoms with Gasteiger partial charge in [-0.3, -0.25) is 0 Å². The number of hydrogen-bond acceptors (Lipinski definition) is 3. The number of nitrogens with one attached hydrogen (secondary N) is 2. The third kappa shape index (κ3) is 3.87. The van der Waals surface area contributed by atoms with Crippen molar-refractivity contribution in [2.75, 3.05) is 26.7 Å². The van der Waals surface area contributed by atoms with E-state index in [1.165, 1.54) is 0 Å². The molecule has 0 aromatic carbocycles. The van der Waals surface area contributed by atoms with E-state index in [4.69, 9.17) is 0 Å². The Morgan fingerprint density at radius 1 is 1.33 bits per heavy atom. The third-order valence-electron chi connectivity index (χ3n) is 3.54. The van der Waals surface area contributed by atoms with Crippen molar-refractivity contribution in [3.8, 4) is 0 Å². The molecule has 1 saturated carbocycles. The second-order valence-corrected chi connectivity index (χ2v) is 4.87. The Bertz CT molecular complexity index is 301. The molecule has 0 unspecified atom stereocenters. The van der Waals surface area contributed by atoms with E-state index in [9.17, 15) is 14.7 Å². The Labute approximate surface area is 108 Å². The van der Waals surface area contributed by atoms with E-state index in [-0.39, 0.29) is 6.03 Å². The maximum Gasteiger partial charge on any atom is 0.329 e. The maximum atomic E-state index is 11.7. The maximum absolute atomic E-state index is 11.7. The molecular weight excluding hydrogens is 234 g/mol. The number of hydrogen-bond donors (Lipinski definition) is 3. The first-order valence-electron chi connectivity index (χ1n) is 6.48. The van der Waals surface area contributed by atoms with Gasteiger partial charge in [-0.2, -0.15) is 0 Å². The largest absolute Gasteiger partial charge is 0.480 e. The molecule has 1 aliphatic rings. The average Bonchev–Trinajstić information content (AvgIpc) is 2.78. The number of amides is 2. The summed E-state index contributed by atoms with van der Waals surface area (Å²) in [5.74, 6) is -0.930. The van der Waals surface area contributed by atoms with Gasteiger partial charge in [0, 0.05) is 13.1 Å². The zero-order valence-corrected chi connectivity index (χ0v) is 11.2. The molecule has 0 bridgehead atoms. The van der Waals surface area contributed by atoms with Crippen molar-refractivity contribution in [2.24, 2.45) is 0 Å². The van der Waals surface area contributed by atoms with Crippen molar-refractivity contribution >= 4 is 12.0 Å². The van der Waals surface area contributed by atoms with Crippen LogP contribution in [-0.2, 0) is 4.79 Å². The van der Waals surface area contributed by atoms with Gasteiger partial charge < -0.3 is 20.6 Å². The Balaban J connectivity index is 2.36. The van der Waals surface area contributed by atoms with Crippen LogP contribution in [-0.4, -0.2) is 54.2 Å². The summed E-state index contributed by atoms with van der Waals surface area (Å²) in [6, 6.07) is -0.385. The molecule has 18 heavy (non-hydrogen) atoms. The fraction of sp³-hybridized carbons (Fsp3) is 0.833. The number of urea groups is 1. The minimum absolute atomic E-state index is 0.385. The highest BCUT2D eigenvalue weighted by Crippen LogP contribution is 2.29. The highest BCUT2D eigenvalue weighted by atomic mass is 16.4. The summed E-state index contributed by atoms with van der Waals surface area (Å²) in [4.78, 5) is 25.0. The summed E-state index contributed by atoms with van der Waals surface area (Å²) >= 11 is 0. The number of rotatable bonds is 6. The van der Waals surface area contributed by atoms with Crippen LogP contribution in [0.2, 0.25) is 0 Å². The molecule has 0 saturated heterocycles. The summed E-state index contributed by atoms with van der Waals surface area (Å²) in [6.45, 7) is 4.23. The van der Waals surface area contributed by atoms with Gasteiger partial charge in [-0.15, -0.1) is 0 Å². The van der Waals surface area contributed by atoms with Gasteiger partial charge in [-0.1, -0.05) is 19.8 Å². The second kappa shape index (κ2) is 6.58. The van der Waals surface area contributed by atoms with E-state index in [1.54, 1.807) is 0 Å². The molecule has 0 radical (unpaired) electrons. The van der Waals surface area contributed by atoms with Crippen molar-refractivity contribution in [1.82, 2.24) is 15.5 Å². The molecule has 1 rings (SSSR count). The quantitative estimate of drug-likeness (QED) is 0.652. The second-order valence-electron chi connectivity index (χ2n) is 4.87. The number of carbonyl (C=O) groups excluding carboxylic acids is 1. The molecule has 6 nitrogen and oxygen atoms in total. The first-order chi connectivity index (χ1) is 8.50. The van der Waals surface area contributed by atoms with E-state index in [0.717, 1.165) is 25.9 Å². The van der Waals surface area contributed by atoms with Crippen LogP contribution in [0.25, 0.3) is 0 Å². The molecule has 6 heteroatoms. The number of likely N-dealkylation sites (N-methyl/N-ethyl adjacent to an activating group) is 1. The number of nitrogens with zero attached hydrogens (tertiary/aromatic N) is 1. The summed E-state index contributed by atoms with van der Waals surface area (Å²) < 4.78 is 0. The minimum atomic E-state index is -1.05.